The lowest BCUT2D eigenvalue weighted by atomic mass is 9.89. The number of phenolic OH excluding ortho intramolecular Hbond substituents is 1. The summed E-state index contributed by atoms with van der Waals surface area (Å²) >= 11 is 0. The zero-order valence-corrected chi connectivity index (χ0v) is 23.4. The van der Waals surface area contributed by atoms with Gasteiger partial charge in [-0.1, -0.05) is 65.5 Å². The number of aromatic nitrogens is 4. The van der Waals surface area contributed by atoms with Crippen LogP contribution < -0.4 is 10.6 Å². The van der Waals surface area contributed by atoms with Crippen molar-refractivity contribution in [3.8, 4) is 5.75 Å². The Kier molecular flexibility index (Phi) is 9.36. The summed E-state index contributed by atoms with van der Waals surface area (Å²) in [7, 11) is 0. The topological polar surface area (TPSA) is 105 Å². The number of carbonyl (C=O) groups excluding carboxylic acids is 1. The number of benzene rings is 2. The van der Waals surface area contributed by atoms with E-state index >= 15 is 0 Å². The van der Waals surface area contributed by atoms with Gasteiger partial charge in [-0.25, -0.2) is 0 Å². The van der Waals surface area contributed by atoms with Crippen LogP contribution in [0, 0.1) is 11.8 Å². The molecule has 0 aliphatic heterocycles. The number of hydrogen-bond acceptors (Lipinski definition) is 6. The first-order valence-electron chi connectivity index (χ1n) is 14.4. The van der Waals surface area contributed by atoms with Crippen molar-refractivity contribution in [1.29, 1.82) is 0 Å². The number of hydrogen-bond donors (Lipinski definition) is 3. The number of amides is 1. The standard InChI is InChI=1S/C30H44N6O2/c1-5-9-22(18-21(3)4)10-7-8-17-36-34-28(33-35-36)27(32-30(6-2)15-16-30)29(38)31-25-13-11-23-12-14-26(37)20-24(23)19-25/h11-14,19-22,27,32,37H,5-10,15-18H2,1-4H3,(H,31,38). The van der Waals surface area contributed by atoms with Crippen LogP contribution in [-0.4, -0.2) is 36.8 Å². The van der Waals surface area contributed by atoms with Crippen LogP contribution in [0.15, 0.2) is 36.4 Å². The van der Waals surface area contributed by atoms with Crippen LogP contribution in [0.5, 0.6) is 5.75 Å². The fourth-order valence-electron chi connectivity index (χ4n) is 5.44. The molecule has 2 unspecified atom stereocenters. The zero-order valence-electron chi connectivity index (χ0n) is 23.4. The summed E-state index contributed by atoms with van der Waals surface area (Å²) in [5, 5.41) is 31.5. The molecule has 1 aliphatic rings. The van der Waals surface area contributed by atoms with E-state index in [4.69, 9.17) is 0 Å². The lowest BCUT2D eigenvalue weighted by Gasteiger charge is -2.22. The van der Waals surface area contributed by atoms with Crippen LogP contribution in [0.2, 0.25) is 0 Å². The van der Waals surface area contributed by atoms with Gasteiger partial charge in [-0.3, -0.25) is 10.1 Å². The monoisotopic (exact) mass is 520 g/mol. The molecular formula is C30H44N6O2. The summed E-state index contributed by atoms with van der Waals surface area (Å²) in [6.07, 6.45) is 10.2. The molecular weight excluding hydrogens is 476 g/mol. The van der Waals surface area contributed by atoms with E-state index < -0.39 is 6.04 Å². The second kappa shape index (κ2) is 12.7. The number of anilines is 1. The molecule has 2 atom stereocenters. The number of carbonyl (C=O) groups is 1. The average molecular weight is 521 g/mol. The van der Waals surface area contributed by atoms with Gasteiger partial charge in [0.15, 0.2) is 6.04 Å². The Morgan fingerprint density at radius 2 is 1.87 bits per heavy atom. The maximum atomic E-state index is 13.5. The lowest BCUT2D eigenvalue weighted by molar-refractivity contribution is -0.118. The summed E-state index contributed by atoms with van der Waals surface area (Å²) in [6.45, 7) is 9.72. The van der Waals surface area contributed by atoms with Crippen molar-refractivity contribution < 1.29 is 9.90 Å². The molecule has 1 aliphatic carbocycles. The van der Waals surface area contributed by atoms with E-state index in [2.05, 4.69) is 53.7 Å². The number of rotatable bonds is 15. The Morgan fingerprint density at radius 3 is 2.58 bits per heavy atom. The van der Waals surface area contributed by atoms with Gasteiger partial charge in [0, 0.05) is 11.2 Å². The molecule has 3 aromatic rings. The van der Waals surface area contributed by atoms with Crippen LogP contribution in [0.3, 0.4) is 0 Å². The number of nitrogens with zero attached hydrogens (tertiary/aromatic N) is 4. The van der Waals surface area contributed by atoms with Gasteiger partial charge in [0.1, 0.15) is 5.75 Å². The molecule has 1 saturated carbocycles. The van der Waals surface area contributed by atoms with Crippen molar-refractivity contribution in [3.63, 3.8) is 0 Å². The predicted octanol–water partition coefficient (Wildman–Crippen LogP) is 6.38. The van der Waals surface area contributed by atoms with E-state index in [9.17, 15) is 9.90 Å². The smallest absolute Gasteiger partial charge is 0.249 e. The molecule has 1 aromatic heterocycles. The largest absolute Gasteiger partial charge is 0.508 e. The maximum absolute atomic E-state index is 13.5. The first kappa shape index (κ1) is 28.0. The number of unbranched alkanes of at least 4 members (excludes halogenated alkanes) is 1. The Bertz CT molecular complexity index is 1200. The molecule has 206 valence electrons. The molecule has 1 fully saturated rings. The average Bonchev–Trinajstić information content (AvgIpc) is 3.52. The molecule has 4 rings (SSSR count). The number of aryl methyl sites for hydroxylation is 1. The SMILES string of the molecule is CCCC(CCCCn1nnc(C(NC2(CC)CC2)C(=O)Nc2ccc3ccc(O)cc3c2)n1)CC(C)C. The molecule has 0 saturated heterocycles. The Labute approximate surface area is 226 Å². The normalized spacial score (nSPS) is 16.0. The summed E-state index contributed by atoms with van der Waals surface area (Å²) in [5.41, 5.74) is 0.615. The number of tetrazole rings is 1. The lowest BCUT2D eigenvalue weighted by Crippen LogP contribution is -2.41. The molecule has 0 radical (unpaired) electrons. The van der Waals surface area contributed by atoms with Crippen molar-refractivity contribution in [1.82, 2.24) is 25.5 Å². The van der Waals surface area contributed by atoms with E-state index in [1.54, 1.807) is 16.9 Å². The van der Waals surface area contributed by atoms with Crippen molar-refractivity contribution in [3.05, 3.63) is 42.2 Å². The van der Waals surface area contributed by atoms with Gasteiger partial charge in [-0.2, -0.15) is 4.80 Å². The van der Waals surface area contributed by atoms with Crippen molar-refractivity contribution in [2.75, 3.05) is 5.32 Å². The quantitative estimate of drug-likeness (QED) is 0.201. The molecule has 3 N–H and O–H groups in total. The van der Waals surface area contributed by atoms with E-state index in [0.717, 1.165) is 54.7 Å². The van der Waals surface area contributed by atoms with Crippen LogP contribution >= 0.6 is 0 Å². The molecule has 38 heavy (non-hydrogen) atoms. The van der Waals surface area contributed by atoms with Crippen molar-refractivity contribution >= 4 is 22.4 Å². The first-order chi connectivity index (χ1) is 18.3. The van der Waals surface area contributed by atoms with Crippen LogP contribution in [0.25, 0.3) is 10.8 Å². The highest BCUT2D eigenvalue weighted by Gasteiger charge is 2.44. The van der Waals surface area contributed by atoms with Crippen molar-refractivity contribution in [2.24, 2.45) is 11.8 Å². The summed E-state index contributed by atoms with van der Waals surface area (Å²) < 4.78 is 0. The van der Waals surface area contributed by atoms with Crippen molar-refractivity contribution in [2.45, 2.75) is 104 Å². The minimum atomic E-state index is -0.689. The molecule has 8 heteroatoms. The fraction of sp³-hybridized carbons (Fsp3) is 0.600. The molecule has 8 nitrogen and oxygen atoms in total. The van der Waals surface area contributed by atoms with E-state index in [1.165, 1.54) is 25.7 Å². The molecule has 0 spiro atoms. The Balaban J connectivity index is 1.40. The first-order valence-corrected chi connectivity index (χ1v) is 14.4. The summed E-state index contributed by atoms with van der Waals surface area (Å²) in [5.74, 6) is 1.92. The second-order valence-corrected chi connectivity index (χ2v) is 11.5. The number of phenols is 1. The fourth-order valence-corrected chi connectivity index (χ4v) is 5.44. The van der Waals surface area contributed by atoms with Gasteiger partial charge in [0.2, 0.25) is 11.7 Å². The second-order valence-electron chi connectivity index (χ2n) is 11.5. The molecule has 1 heterocycles. The van der Waals surface area contributed by atoms with Crippen LogP contribution in [0.1, 0.15) is 97.3 Å². The van der Waals surface area contributed by atoms with Gasteiger partial charge < -0.3 is 10.4 Å². The third-order valence-corrected chi connectivity index (χ3v) is 7.78. The summed E-state index contributed by atoms with van der Waals surface area (Å²) in [6, 6.07) is 10.2. The summed E-state index contributed by atoms with van der Waals surface area (Å²) in [4.78, 5) is 15.1. The van der Waals surface area contributed by atoms with Gasteiger partial charge in [0.25, 0.3) is 0 Å². The van der Waals surface area contributed by atoms with Gasteiger partial charge in [-0.15, -0.1) is 10.2 Å². The maximum Gasteiger partial charge on any atom is 0.249 e. The predicted molar refractivity (Wildman–Crippen MR) is 152 cm³/mol. The molecule has 0 bridgehead atoms. The molecule has 1 amide bonds. The van der Waals surface area contributed by atoms with Gasteiger partial charge in [0.05, 0.1) is 6.54 Å². The number of nitrogens with one attached hydrogen (secondary N) is 2. The highest BCUT2D eigenvalue weighted by molar-refractivity contribution is 5.97. The highest BCUT2D eigenvalue weighted by atomic mass is 16.3. The van der Waals surface area contributed by atoms with E-state index in [0.29, 0.717) is 18.1 Å². The van der Waals surface area contributed by atoms with Gasteiger partial charge >= 0.3 is 0 Å². The minimum absolute atomic E-state index is 0.0483. The Morgan fingerprint density at radius 1 is 1.08 bits per heavy atom. The third-order valence-electron chi connectivity index (χ3n) is 7.78. The van der Waals surface area contributed by atoms with E-state index in [1.807, 2.05) is 24.3 Å². The highest BCUT2D eigenvalue weighted by Crippen LogP contribution is 2.40. The number of aromatic hydroxyl groups is 1. The van der Waals surface area contributed by atoms with Crippen LogP contribution in [-0.2, 0) is 11.3 Å². The van der Waals surface area contributed by atoms with Crippen LogP contribution in [0.4, 0.5) is 5.69 Å². The zero-order chi connectivity index (χ0) is 27.1. The third kappa shape index (κ3) is 7.53. The molecule has 2 aromatic carbocycles. The van der Waals surface area contributed by atoms with E-state index in [-0.39, 0.29) is 17.2 Å². The Hall–Kier alpha value is -3.00. The minimum Gasteiger partial charge on any atom is -0.508 e. The number of fused-ring (bicyclic) bond motifs is 1. The van der Waals surface area contributed by atoms with Gasteiger partial charge in [-0.05, 0) is 84.2 Å².